The van der Waals surface area contributed by atoms with Crippen molar-refractivity contribution in [2.24, 2.45) is 0 Å². The molecule has 37 heavy (non-hydrogen) atoms. The summed E-state index contributed by atoms with van der Waals surface area (Å²) in [6, 6.07) is 12.1. The van der Waals surface area contributed by atoms with Gasteiger partial charge in [-0.15, -0.1) is 0 Å². The summed E-state index contributed by atoms with van der Waals surface area (Å²) in [4.78, 5) is 21.1. The highest BCUT2D eigenvalue weighted by molar-refractivity contribution is 6.32. The van der Waals surface area contributed by atoms with Gasteiger partial charge in [0.05, 0.1) is 10.5 Å². The lowest BCUT2D eigenvalue weighted by Crippen LogP contribution is -2.42. The average molecular weight is 549 g/mol. The van der Waals surface area contributed by atoms with Crippen LogP contribution in [0, 0.1) is 0 Å². The van der Waals surface area contributed by atoms with Crippen molar-refractivity contribution in [3.8, 4) is 5.82 Å². The van der Waals surface area contributed by atoms with Crippen molar-refractivity contribution < 1.29 is 18.0 Å². The number of pyridine rings is 2. The second-order valence-corrected chi connectivity index (χ2v) is 9.62. The molecule has 3 aromatic heterocycles. The summed E-state index contributed by atoms with van der Waals surface area (Å²) in [6.45, 7) is 0. The van der Waals surface area contributed by atoms with Crippen molar-refractivity contribution >= 4 is 45.7 Å². The first-order valence-electron chi connectivity index (χ1n) is 11.6. The fraction of sp³-hybridized carbons (Fsp3) is 0.280. The van der Waals surface area contributed by atoms with Crippen LogP contribution in [-0.2, 0) is 6.18 Å². The van der Waals surface area contributed by atoms with Crippen LogP contribution in [0.4, 0.5) is 18.9 Å². The summed E-state index contributed by atoms with van der Waals surface area (Å²) < 4.78 is 41.7. The lowest BCUT2D eigenvalue weighted by molar-refractivity contribution is -0.140. The summed E-state index contributed by atoms with van der Waals surface area (Å²) in [5.74, 6) is -0.130. The first-order chi connectivity index (χ1) is 17.7. The molecule has 3 heterocycles. The molecule has 1 aliphatic rings. The van der Waals surface area contributed by atoms with E-state index in [0.29, 0.717) is 22.5 Å². The molecule has 0 spiro atoms. The molecule has 192 valence electrons. The minimum absolute atomic E-state index is 0.111. The molecule has 1 amide bonds. The third-order valence-electron chi connectivity index (χ3n) is 6.23. The molecule has 7 nitrogen and oxygen atoms in total. The third kappa shape index (κ3) is 5.50. The van der Waals surface area contributed by atoms with E-state index in [-0.39, 0.29) is 34.3 Å². The molecular formula is C25H21Cl2F3N6O. The number of benzene rings is 1. The SMILES string of the molecule is O=C(N[C@@H]1CCC[C@H](Nc2cc(C(F)(F)F)nc3ccccc23)C1)c1cc(Cl)nn1-c1ncccc1Cl. The highest BCUT2D eigenvalue weighted by atomic mass is 35.5. The first kappa shape index (κ1) is 25.3. The van der Waals surface area contributed by atoms with E-state index in [2.05, 4.69) is 25.7 Å². The summed E-state index contributed by atoms with van der Waals surface area (Å²) in [7, 11) is 0. The second kappa shape index (κ2) is 10.2. The van der Waals surface area contributed by atoms with Gasteiger partial charge in [0, 0.05) is 35.4 Å². The third-order valence-corrected chi connectivity index (χ3v) is 6.71. The highest BCUT2D eigenvalue weighted by Gasteiger charge is 2.34. The van der Waals surface area contributed by atoms with Crippen LogP contribution in [0.2, 0.25) is 10.2 Å². The molecule has 0 radical (unpaired) electrons. The van der Waals surface area contributed by atoms with Crippen molar-refractivity contribution in [1.82, 2.24) is 25.1 Å². The van der Waals surface area contributed by atoms with Crippen molar-refractivity contribution in [2.75, 3.05) is 5.32 Å². The van der Waals surface area contributed by atoms with E-state index in [9.17, 15) is 18.0 Å². The molecular weight excluding hydrogens is 528 g/mol. The van der Waals surface area contributed by atoms with E-state index in [4.69, 9.17) is 23.2 Å². The molecule has 0 aliphatic heterocycles. The van der Waals surface area contributed by atoms with E-state index in [0.717, 1.165) is 25.3 Å². The van der Waals surface area contributed by atoms with Gasteiger partial charge in [0.2, 0.25) is 0 Å². The Morgan fingerprint density at radius 2 is 1.84 bits per heavy atom. The first-order valence-corrected chi connectivity index (χ1v) is 12.4. The second-order valence-electron chi connectivity index (χ2n) is 8.82. The summed E-state index contributed by atoms with van der Waals surface area (Å²) in [5.41, 5.74) is -0.147. The predicted octanol–water partition coefficient (Wildman–Crippen LogP) is 6.29. The highest BCUT2D eigenvalue weighted by Crippen LogP contribution is 2.34. The van der Waals surface area contributed by atoms with Gasteiger partial charge in [-0.1, -0.05) is 41.4 Å². The van der Waals surface area contributed by atoms with Crippen LogP contribution >= 0.6 is 23.2 Å². The number of carbonyl (C=O) groups excluding carboxylic acids is 1. The Hall–Kier alpha value is -3.37. The molecule has 2 N–H and O–H groups in total. The maximum Gasteiger partial charge on any atom is 0.433 e. The Balaban J connectivity index is 1.34. The summed E-state index contributed by atoms with van der Waals surface area (Å²) >= 11 is 12.3. The maximum atomic E-state index is 13.5. The summed E-state index contributed by atoms with van der Waals surface area (Å²) in [5, 5.41) is 11.4. The number of aromatic nitrogens is 4. The van der Waals surface area contributed by atoms with Crippen molar-refractivity contribution in [3.63, 3.8) is 0 Å². The van der Waals surface area contributed by atoms with Gasteiger partial charge in [-0.3, -0.25) is 4.79 Å². The minimum atomic E-state index is -4.57. The number of anilines is 1. The number of para-hydroxylation sites is 1. The number of amides is 1. The van der Waals surface area contributed by atoms with E-state index >= 15 is 0 Å². The molecule has 1 aromatic carbocycles. The van der Waals surface area contributed by atoms with Gasteiger partial charge >= 0.3 is 6.18 Å². The monoisotopic (exact) mass is 548 g/mol. The smallest absolute Gasteiger partial charge is 0.382 e. The molecule has 0 bridgehead atoms. The van der Waals surface area contributed by atoms with Crippen LogP contribution in [0.25, 0.3) is 16.7 Å². The molecule has 5 rings (SSSR count). The number of nitrogens with one attached hydrogen (secondary N) is 2. The zero-order chi connectivity index (χ0) is 26.2. The topological polar surface area (TPSA) is 84.7 Å². The van der Waals surface area contributed by atoms with E-state index in [1.54, 1.807) is 36.4 Å². The average Bonchev–Trinajstić information content (AvgIpc) is 3.25. The van der Waals surface area contributed by atoms with E-state index in [1.165, 1.54) is 16.9 Å². The predicted molar refractivity (Wildman–Crippen MR) is 135 cm³/mol. The fourth-order valence-electron chi connectivity index (χ4n) is 4.58. The number of halogens is 5. The number of hydrogen-bond donors (Lipinski definition) is 2. The van der Waals surface area contributed by atoms with Gasteiger partial charge in [-0.2, -0.15) is 18.3 Å². The normalized spacial score (nSPS) is 18.1. The molecule has 0 saturated heterocycles. The van der Waals surface area contributed by atoms with Crippen molar-refractivity contribution in [3.05, 3.63) is 76.3 Å². The van der Waals surface area contributed by atoms with Crippen molar-refractivity contribution in [2.45, 2.75) is 43.9 Å². The van der Waals surface area contributed by atoms with E-state index in [1.807, 2.05) is 0 Å². The molecule has 0 unspecified atom stereocenters. The number of hydrogen-bond acceptors (Lipinski definition) is 5. The van der Waals surface area contributed by atoms with Crippen LogP contribution in [0.3, 0.4) is 0 Å². The molecule has 1 aliphatic carbocycles. The zero-order valence-corrected chi connectivity index (χ0v) is 20.8. The fourth-order valence-corrected chi connectivity index (χ4v) is 4.96. The van der Waals surface area contributed by atoms with Gasteiger partial charge in [-0.05, 0) is 49.9 Å². The molecule has 1 fully saturated rings. The number of nitrogens with zero attached hydrogens (tertiary/aromatic N) is 4. The molecule has 4 aromatic rings. The van der Waals surface area contributed by atoms with Crippen LogP contribution < -0.4 is 10.6 Å². The van der Waals surface area contributed by atoms with Crippen LogP contribution in [0.5, 0.6) is 0 Å². The van der Waals surface area contributed by atoms with Gasteiger partial charge in [0.25, 0.3) is 5.91 Å². The lowest BCUT2D eigenvalue weighted by atomic mass is 9.90. The number of rotatable bonds is 5. The molecule has 1 saturated carbocycles. The zero-order valence-electron chi connectivity index (χ0n) is 19.3. The van der Waals surface area contributed by atoms with E-state index < -0.39 is 17.8 Å². The largest absolute Gasteiger partial charge is 0.433 e. The Morgan fingerprint density at radius 1 is 1.05 bits per heavy atom. The van der Waals surface area contributed by atoms with Gasteiger partial charge < -0.3 is 10.6 Å². The standard InChI is InChI=1S/C25H21Cl2F3N6O/c26-17-8-4-10-31-23(17)36-20(13-22(27)35-36)24(37)33-15-6-3-5-14(11-15)32-19-12-21(25(28,29)30)34-18-9-2-1-7-16(18)19/h1-2,4,7-10,12-15H,3,5-6,11H2,(H,32,34)(H,33,37)/t14-,15+/m0/s1. The van der Waals surface area contributed by atoms with Crippen LogP contribution in [-0.4, -0.2) is 37.7 Å². The van der Waals surface area contributed by atoms with Crippen molar-refractivity contribution in [1.29, 1.82) is 0 Å². The van der Waals surface area contributed by atoms with Gasteiger partial charge in [0.15, 0.2) is 11.0 Å². The van der Waals surface area contributed by atoms with Crippen LogP contribution in [0.15, 0.2) is 54.7 Å². The summed E-state index contributed by atoms with van der Waals surface area (Å²) in [6.07, 6.45) is -0.258. The number of carbonyl (C=O) groups is 1. The number of alkyl halides is 3. The molecule has 2 atom stereocenters. The van der Waals surface area contributed by atoms with Crippen LogP contribution in [0.1, 0.15) is 41.9 Å². The Kier molecular flexibility index (Phi) is 6.96. The quantitative estimate of drug-likeness (QED) is 0.306. The molecule has 12 heteroatoms. The minimum Gasteiger partial charge on any atom is -0.382 e. The Bertz CT molecular complexity index is 1460. The maximum absolute atomic E-state index is 13.5. The Morgan fingerprint density at radius 3 is 2.62 bits per heavy atom. The Labute approximate surface area is 220 Å². The lowest BCUT2D eigenvalue weighted by Gasteiger charge is -2.31. The van der Waals surface area contributed by atoms with Gasteiger partial charge in [0.1, 0.15) is 11.4 Å². The van der Waals surface area contributed by atoms with Gasteiger partial charge in [-0.25, -0.2) is 14.6 Å². The number of fused-ring (bicyclic) bond motifs is 1.